The highest BCUT2D eigenvalue weighted by atomic mass is 16.5. The van der Waals surface area contributed by atoms with E-state index in [4.69, 9.17) is 20.6 Å². The molecule has 0 saturated carbocycles. The van der Waals surface area contributed by atoms with Crippen molar-refractivity contribution in [1.82, 2.24) is 14.9 Å². The summed E-state index contributed by atoms with van der Waals surface area (Å²) in [6.07, 6.45) is 12.7. The molecule has 0 saturated heterocycles. The monoisotopic (exact) mass is 435 g/mol. The molecule has 0 aliphatic carbocycles. The summed E-state index contributed by atoms with van der Waals surface area (Å²) < 4.78 is 18.7. The van der Waals surface area contributed by atoms with Crippen LogP contribution in [0.25, 0.3) is 10.9 Å². The molecule has 0 fully saturated rings. The van der Waals surface area contributed by atoms with Crippen LogP contribution in [0.2, 0.25) is 0 Å². The first-order valence-electron chi connectivity index (χ1n) is 11.2. The Balaban J connectivity index is 1.30. The van der Waals surface area contributed by atoms with E-state index < -0.39 is 0 Å². The summed E-state index contributed by atoms with van der Waals surface area (Å²) in [5.41, 5.74) is 3.83. The van der Waals surface area contributed by atoms with Crippen molar-refractivity contribution in [3.8, 4) is 12.3 Å². The second-order valence-corrected chi connectivity index (χ2v) is 7.44. The van der Waals surface area contributed by atoms with E-state index in [1.54, 1.807) is 0 Å². The van der Waals surface area contributed by atoms with Crippen LogP contribution in [0.3, 0.4) is 0 Å². The van der Waals surface area contributed by atoms with E-state index in [0.29, 0.717) is 46.1 Å². The van der Waals surface area contributed by atoms with Crippen LogP contribution in [0.5, 0.6) is 0 Å². The van der Waals surface area contributed by atoms with E-state index in [-0.39, 0.29) is 0 Å². The molecule has 6 heteroatoms. The normalized spacial score (nSPS) is 11.1. The largest absolute Gasteiger partial charge is 0.378 e. The van der Waals surface area contributed by atoms with Gasteiger partial charge in [0.05, 0.1) is 39.6 Å². The van der Waals surface area contributed by atoms with Crippen LogP contribution in [-0.4, -0.2) is 55.7 Å². The predicted octanol–water partition coefficient (Wildman–Crippen LogP) is 3.44. The molecule has 1 N–H and O–H groups in total. The van der Waals surface area contributed by atoms with E-state index in [9.17, 15) is 0 Å². The van der Waals surface area contributed by atoms with Crippen LogP contribution in [0, 0.1) is 12.3 Å². The summed E-state index contributed by atoms with van der Waals surface area (Å²) >= 11 is 0. The predicted molar refractivity (Wildman–Crippen MR) is 127 cm³/mol. The highest BCUT2D eigenvalue weighted by molar-refractivity contribution is 5.83. The van der Waals surface area contributed by atoms with Crippen molar-refractivity contribution in [1.29, 1.82) is 0 Å². The van der Waals surface area contributed by atoms with Crippen molar-refractivity contribution in [2.45, 2.75) is 25.9 Å². The third-order valence-corrected chi connectivity index (χ3v) is 5.14. The molecule has 0 atom stereocenters. The van der Waals surface area contributed by atoms with Crippen LogP contribution < -0.4 is 5.32 Å². The minimum Gasteiger partial charge on any atom is -0.378 e. The molecule has 32 heavy (non-hydrogen) atoms. The highest BCUT2D eigenvalue weighted by Gasteiger charge is 2.06. The molecular weight excluding hydrogens is 402 g/mol. The molecular formula is C26H33N3O3. The SMILES string of the molecule is C#CCCOCCOCCOCCNCc1cccc2c1ccn2CCc1cccnc1. The summed E-state index contributed by atoms with van der Waals surface area (Å²) in [6.45, 7) is 6.10. The van der Waals surface area contributed by atoms with Gasteiger partial charge in [0.2, 0.25) is 0 Å². The molecule has 0 aliphatic rings. The van der Waals surface area contributed by atoms with Crippen molar-refractivity contribution in [3.05, 3.63) is 66.1 Å². The van der Waals surface area contributed by atoms with E-state index in [2.05, 4.69) is 57.3 Å². The fraction of sp³-hybridized carbons (Fsp3) is 0.423. The van der Waals surface area contributed by atoms with Gasteiger partial charge in [0.15, 0.2) is 0 Å². The molecule has 0 unspecified atom stereocenters. The maximum absolute atomic E-state index is 5.62. The molecule has 3 rings (SSSR count). The smallest absolute Gasteiger partial charge is 0.0701 e. The van der Waals surface area contributed by atoms with Crippen LogP contribution in [0.15, 0.2) is 55.0 Å². The first-order chi connectivity index (χ1) is 15.9. The Labute approximate surface area is 190 Å². The number of aryl methyl sites for hydroxylation is 2. The standard InChI is InChI=1S/C26H33N3O3/c1-2-3-15-30-17-19-32-20-18-31-16-12-28-22-24-7-4-8-26-25(24)10-14-29(26)13-9-23-6-5-11-27-21-23/h1,4-8,10-11,14,21,28H,3,9,12-13,15-20,22H2. The Hall–Kier alpha value is -2.69. The van der Waals surface area contributed by atoms with Crippen LogP contribution in [-0.2, 0) is 33.7 Å². The van der Waals surface area contributed by atoms with Crippen molar-refractivity contribution < 1.29 is 14.2 Å². The van der Waals surface area contributed by atoms with Gasteiger partial charge in [0, 0.05) is 55.5 Å². The Morgan fingerprint density at radius 2 is 1.75 bits per heavy atom. The number of aromatic nitrogens is 2. The van der Waals surface area contributed by atoms with Crippen molar-refractivity contribution >= 4 is 10.9 Å². The molecule has 170 valence electrons. The molecule has 2 heterocycles. The first-order valence-corrected chi connectivity index (χ1v) is 11.2. The third-order valence-electron chi connectivity index (χ3n) is 5.14. The number of terminal acetylenes is 1. The van der Waals surface area contributed by atoms with Crippen molar-refractivity contribution in [2.75, 3.05) is 46.2 Å². The second kappa shape index (κ2) is 14.4. The number of nitrogens with zero attached hydrogens (tertiary/aromatic N) is 2. The lowest BCUT2D eigenvalue weighted by atomic mass is 10.1. The van der Waals surface area contributed by atoms with E-state index >= 15 is 0 Å². The molecule has 0 amide bonds. The van der Waals surface area contributed by atoms with Crippen molar-refractivity contribution in [3.63, 3.8) is 0 Å². The summed E-state index contributed by atoms with van der Waals surface area (Å²) in [7, 11) is 0. The lowest BCUT2D eigenvalue weighted by Crippen LogP contribution is -2.20. The number of pyridine rings is 1. The van der Waals surface area contributed by atoms with Gasteiger partial charge < -0.3 is 24.1 Å². The van der Waals surface area contributed by atoms with Crippen molar-refractivity contribution in [2.24, 2.45) is 0 Å². The molecule has 0 aliphatic heterocycles. The Morgan fingerprint density at radius 1 is 0.938 bits per heavy atom. The van der Waals surface area contributed by atoms with Gasteiger partial charge in [-0.15, -0.1) is 12.3 Å². The fourth-order valence-electron chi connectivity index (χ4n) is 3.47. The van der Waals surface area contributed by atoms with E-state index in [1.807, 2.05) is 18.5 Å². The summed E-state index contributed by atoms with van der Waals surface area (Å²) in [5, 5.41) is 4.77. The van der Waals surface area contributed by atoms with Gasteiger partial charge in [-0.3, -0.25) is 4.98 Å². The van der Waals surface area contributed by atoms with Gasteiger partial charge in [-0.25, -0.2) is 0 Å². The average Bonchev–Trinajstić information content (AvgIpc) is 3.25. The maximum atomic E-state index is 5.62. The lowest BCUT2D eigenvalue weighted by molar-refractivity contribution is 0.0161. The van der Waals surface area contributed by atoms with Gasteiger partial charge in [-0.1, -0.05) is 18.2 Å². The van der Waals surface area contributed by atoms with Gasteiger partial charge in [0.25, 0.3) is 0 Å². The number of hydrogen-bond donors (Lipinski definition) is 1. The molecule has 3 aromatic rings. The molecule has 6 nitrogen and oxygen atoms in total. The minimum atomic E-state index is 0.568. The maximum Gasteiger partial charge on any atom is 0.0701 e. The van der Waals surface area contributed by atoms with Gasteiger partial charge in [0.1, 0.15) is 0 Å². The molecule has 0 bridgehead atoms. The van der Waals surface area contributed by atoms with Crippen LogP contribution in [0.4, 0.5) is 0 Å². The topological polar surface area (TPSA) is 57.5 Å². The lowest BCUT2D eigenvalue weighted by Gasteiger charge is -2.09. The Bertz CT molecular complexity index is 950. The quantitative estimate of drug-likeness (QED) is 0.276. The van der Waals surface area contributed by atoms with Crippen LogP contribution >= 0.6 is 0 Å². The van der Waals surface area contributed by atoms with Gasteiger partial charge >= 0.3 is 0 Å². The zero-order valence-corrected chi connectivity index (χ0v) is 18.7. The molecule has 0 spiro atoms. The highest BCUT2D eigenvalue weighted by Crippen LogP contribution is 2.20. The molecule has 0 radical (unpaired) electrons. The second-order valence-electron chi connectivity index (χ2n) is 7.44. The number of benzene rings is 1. The Kier molecular flexibility index (Phi) is 10.8. The fourth-order valence-corrected chi connectivity index (χ4v) is 3.47. The van der Waals surface area contributed by atoms with Gasteiger partial charge in [-0.05, 0) is 35.7 Å². The number of hydrogen-bond acceptors (Lipinski definition) is 5. The average molecular weight is 436 g/mol. The number of ether oxygens (including phenoxy) is 3. The number of rotatable bonds is 16. The minimum absolute atomic E-state index is 0.568. The van der Waals surface area contributed by atoms with Gasteiger partial charge in [-0.2, -0.15) is 0 Å². The summed E-state index contributed by atoms with van der Waals surface area (Å²) in [6, 6.07) is 12.8. The zero-order valence-electron chi connectivity index (χ0n) is 18.7. The van der Waals surface area contributed by atoms with E-state index in [0.717, 1.165) is 26.1 Å². The third kappa shape index (κ3) is 8.10. The number of nitrogens with one attached hydrogen (secondary N) is 1. The molecule has 2 aromatic heterocycles. The number of fused-ring (bicyclic) bond motifs is 1. The van der Waals surface area contributed by atoms with Crippen LogP contribution in [0.1, 0.15) is 17.5 Å². The summed E-state index contributed by atoms with van der Waals surface area (Å²) in [4.78, 5) is 4.20. The molecule has 1 aromatic carbocycles. The Morgan fingerprint density at radius 3 is 2.53 bits per heavy atom. The zero-order chi connectivity index (χ0) is 22.3. The van der Waals surface area contributed by atoms with E-state index in [1.165, 1.54) is 22.0 Å². The summed E-state index contributed by atoms with van der Waals surface area (Å²) in [5.74, 6) is 2.54. The first kappa shape index (κ1) is 24.0.